The highest BCUT2D eigenvalue weighted by Crippen LogP contribution is 2.40. The molecule has 0 saturated carbocycles. The monoisotopic (exact) mass is 441 g/mol. The van der Waals surface area contributed by atoms with Crippen molar-refractivity contribution in [3.05, 3.63) is 22.3 Å². The van der Waals surface area contributed by atoms with Crippen LogP contribution in [0.1, 0.15) is 12.6 Å². The summed E-state index contributed by atoms with van der Waals surface area (Å²) in [6.45, 7) is 0.847. The van der Waals surface area contributed by atoms with E-state index in [1.54, 1.807) is 6.92 Å². The van der Waals surface area contributed by atoms with Crippen LogP contribution in [0.5, 0.6) is 0 Å². The van der Waals surface area contributed by atoms with Gasteiger partial charge in [-0.25, -0.2) is 14.6 Å². The number of nitrogens with two attached hydrogens (primary N) is 1. The van der Waals surface area contributed by atoms with Crippen molar-refractivity contribution in [2.45, 2.75) is 18.3 Å². The molecule has 2 aliphatic rings. The van der Waals surface area contributed by atoms with Crippen molar-refractivity contribution in [3.63, 3.8) is 0 Å². The molecule has 0 bridgehead atoms. The van der Waals surface area contributed by atoms with Crippen LogP contribution in [-0.4, -0.2) is 73.3 Å². The largest absolute Gasteiger partial charge is 0.479 e. The van der Waals surface area contributed by atoms with E-state index in [2.05, 4.69) is 20.3 Å². The molecule has 0 aliphatic carbocycles. The SMILES string of the molecule is CC1=C(C(=O)O)N2C(=O)[C@H](NC(=O)/C(=N\OCC(=O)O)c3csc(N)n3)[C@@H]2SC1. The van der Waals surface area contributed by atoms with Crippen LogP contribution in [0.4, 0.5) is 5.13 Å². The molecule has 3 heterocycles. The molecule has 0 spiro atoms. The minimum absolute atomic E-state index is 0.0530. The predicted molar refractivity (Wildman–Crippen MR) is 102 cm³/mol. The summed E-state index contributed by atoms with van der Waals surface area (Å²) in [5.74, 6) is -3.52. The van der Waals surface area contributed by atoms with Crippen LogP contribution in [0.25, 0.3) is 0 Å². The molecule has 0 radical (unpaired) electrons. The van der Waals surface area contributed by atoms with Crippen molar-refractivity contribution in [2.75, 3.05) is 18.1 Å². The third-order valence-corrected chi connectivity index (χ3v) is 6.07. The summed E-state index contributed by atoms with van der Waals surface area (Å²) in [5, 5.41) is 25.0. The molecular formula is C15H15N5O7S2. The van der Waals surface area contributed by atoms with E-state index >= 15 is 0 Å². The summed E-state index contributed by atoms with van der Waals surface area (Å²) in [7, 11) is 0. The first-order valence-corrected chi connectivity index (χ1v) is 9.95. The van der Waals surface area contributed by atoms with E-state index in [1.165, 1.54) is 17.1 Å². The normalized spacial score (nSPS) is 21.3. The number of aliphatic carboxylic acids is 2. The first kappa shape index (κ1) is 20.6. The van der Waals surface area contributed by atoms with Gasteiger partial charge >= 0.3 is 11.9 Å². The molecule has 1 aromatic rings. The van der Waals surface area contributed by atoms with E-state index in [0.717, 1.165) is 16.2 Å². The van der Waals surface area contributed by atoms with E-state index in [1.807, 2.05) is 0 Å². The number of amides is 2. The third-order valence-electron chi connectivity index (χ3n) is 3.97. The zero-order chi connectivity index (χ0) is 21.3. The Hall–Kier alpha value is -3.13. The molecule has 0 unspecified atom stereocenters. The van der Waals surface area contributed by atoms with Crippen molar-refractivity contribution >= 4 is 57.7 Å². The standard InChI is InChI=1S/C15H15N5O7S2/c1-5-3-28-13-9(12(24)20(13)10(5)14(25)26)18-11(23)8(19-27-2-7(21)22)6-4-29-15(16)17-6/h4,9,13H,2-3H2,1H3,(H2,16,17)(H,18,23)(H,21,22)(H,25,26)/b19-8-/t9-,13-/m0/s1. The molecule has 0 aromatic carbocycles. The van der Waals surface area contributed by atoms with Crippen LogP contribution < -0.4 is 11.1 Å². The van der Waals surface area contributed by atoms with Crippen LogP contribution in [0.15, 0.2) is 21.8 Å². The first-order valence-electron chi connectivity index (χ1n) is 8.02. The number of fused-ring (bicyclic) bond motifs is 1. The highest BCUT2D eigenvalue weighted by atomic mass is 32.2. The molecular weight excluding hydrogens is 426 g/mol. The Morgan fingerprint density at radius 3 is 2.76 bits per heavy atom. The van der Waals surface area contributed by atoms with Crippen molar-refractivity contribution in [1.29, 1.82) is 0 Å². The van der Waals surface area contributed by atoms with Crippen molar-refractivity contribution in [2.24, 2.45) is 5.16 Å². The lowest BCUT2D eigenvalue weighted by Gasteiger charge is -2.49. The third kappa shape index (κ3) is 4.02. The topological polar surface area (TPSA) is 185 Å². The second-order valence-corrected chi connectivity index (χ2v) is 7.97. The van der Waals surface area contributed by atoms with Gasteiger partial charge in [-0.05, 0) is 12.5 Å². The molecule has 3 rings (SSSR count). The second-order valence-electron chi connectivity index (χ2n) is 5.97. The minimum atomic E-state index is -1.29. The number of thioether (sulfide) groups is 1. The number of aromatic nitrogens is 1. The number of anilines is 1. The molecule has 2 atom stereocenters. The summed E-state index contributed by atoms with van der Waals surface area (Å²) in [5.41, 5.74) is 5.73. The lowest BCUT2D eigenvalue weighted by atomic mass is 10.0. The number of carboxylic acid groups (broad SMARTS) is 2. The average molecular weight is 441 g/mol. The smallest absolute Gasteiger partial charge is 0.352 e. The number of carbonyl (C=O) groups excluding carboxylic acids is 2. The fraction of sp³-hybridized carbons (Fsp3) is 0.333. The van der Waals surface area contributed by atoms with E-state index < -0.39 is 41.8 Å². The Morgan fingerprint density at radius 2 is 2.17 bits per heavy atom. The number of nitrogen functional groups attached to an aromatic ring is 1. The molecule has 1 saturated heterocycles. The quantitative estimate of drug-likeness (QED) is 0.239. The maximum Gasteiger partial charge on any atom is 0.352 e. The number of carboxylic acids is 2. The summed E-state index contributed by atoms with van der Waals surface area (Å²) >= 11 is 2.35. The number of carbonyl (C=O) groups is 4. The van der Waals surface area contributed by atoms with Gasteiger partial charge in [-0.1, -0.05) is 5.16 Å². The summed E-state index contributed by atoms with van der Waals surface area (Å²) in [6.07, 6.45) is 0. The summed E-state index contributed by atoms with van der Waals surface area (Å²) in [4.78, 5) is 56.9. The van der Waals surface area contributed by atoms with Gasteiger partial charge in [0, 0.05) is 11.1 Å². The lowest BCUT2D eigenvalue weighted by molar-refractivity contribution is -0.150. The molecule has 1 aromatic heterocycles. The number of rotatable bonds is 7. The predicted octanol–water partition coefficient (Wildman–Crippen LogP) is -0.711. The Bertz CT molecular complexity index is 957. The van der Waals surface area contributed by atoms with Crippen LogP contribution >= 0.6 is 23.1 Å². The molecule has 12 nitrogen and oxygen atoms in total. The van der Waals surface area contributed by atoms with Crippen LogP contribution in [-0.2, 0) is 24.0 Å². The maximum atomic E-state index is 12.7. The van der Waals surface area contributed by atoms with Crippen molar-refractivity contribution in [3.8, 4) is 0 Å². The number of β-lactam (4-membered cyclic amide) rings is 1. The highest BCUT2D eigenvalue weighted by molar-refractivity contribution is 8.00. The van der Waals surface area contributed by atoms with E-state index in [4.69, 9.17) is 10.8 Å². The van der Waals surface area contributed by atoms with Gasteiger partial charge in [-0.3, -0.25) is 14.5 Å². The van der Waals surface area contributed by atoms with Crippen LogP contribution in [0.3, 0.4) is 0 Å². The van der Waals surface area contributed by atoms with Gasteiger partial charge in [-0.15, -0.1) is 23.1 Å². The Morgan fingerprint density at radius 1 is 1.45 bits per heavy atom. The number of thiazole rings is 1. The molecule has 2 aliphatic heterocycles. The second kappa shape index (κ2) is 8.08. The van der Waals surface area contributed by atoms with Crippen molar-refractivity contribution < 1.29 is 34.2 Å². The molecule has 1 fully saturated rings. The Balaban J connectivity index is 1.78. The number of nitrogens with one attached hydrogen (secondary N) is 1. The lowest BCUT2D eigenvalue weighted by Crippen LogP contribution is -2.71. The Kier molecular flexibility index (Phi) is 5.74. The fourth-order valence-corrected chi connectivity index (χ4v) is 4.58. The molecule has 29 heavy (non-hydrogen) atoms. The maximum absolute atomic E-state index is 12.7. The van der Waals surface area contributed by atoms with E-state index in [0.29, 0.717) is 11.3 Å². The van der Waals surface area contributed by atoms with Gasteiger partial charge in [0.05, 0.1) is 0 Å². The van der Waals surface area contributed by atoms with Crippen molar-refractivity contribution in [1.82, 2.24) is 15.2 Å². The van der Waals surface area contributed by atoms with E-state index in [9.17, 15) is 24.3 Å². The molecule has 154 valence electrons. The van der Waals surface area contributed by atoms with Gasteiger partial charge in [-0.2, -0.15) is 0 Å². The average Bonchev–Trinajstić information content (AvgIpc) is 3.08. The summed E-state index contributed by atoms with van der Waals surface area (Å²) in [6, 6.07) is -0.976. The van der Waals surface area contributed by atoms with Gasteiger partial charge < -0.3 is 26.1 Å². The fourth-order valence-electron chi connectivity index (χ4n) is 2.74. The van der Waals surface area contributed by atoms with Gasteiger partial charge in [0.15, 0.2) is 10.8 Å². The van der Waals surface area contributed by atoms with Crippen LogP contribution in [0, 0.1) is 0 Å². The van der Waals surface area contributed by atoms with Gasteiger partial charge in [0.2, 0.25) is 6.61 Å². The number of hydrogen-bond acceptors (Lipinski definition) is 10. The summed E-state index contributed by atoms with van der Waals surface area (Å²) < 4.78 is 0. The van der Waals surface area contributed by atoms with Crippen LogP contribution in [0.2, 0.25) is 0 Å². The number of oxime groups is 1. The number of hydrogen-bond donors (Lipinski definition) is 4. The minimum Gasteiger partial charge on any atom is -0.479 e. The first-order chi connectivity index (χ1) is 13.7. The van der Waals surface area contributed by atoms with Gasteiger partial charge in [0.25, 0.3) is 11.8 Å². The molecule has 2 amide bonds. The highest BCUT2D eigenvalue weighted by Gasteiger charge is 2.54. The van der Waals surface area contributed by atoms with Gasteiger partial charge in [0.1, 0.15) is 22.8 Å². The zero-order valence-electron chi connectivity index (χ0n) is 14.8. The number of nitrogens with zero attached hydrogens (tertiary/aromatic N) is 3. The Labute approximate surface area is 171 Å². The molecule has 5 N–H and O–H groups in total. The molecule has 14 heteroatoms. The zero-order valence-corrected chi connectivity index (χ0v) is 16.5. The van der Waals surface area contributed by atoms with E-state index in [-0.39, 0.29) is 22.2 Å².